The average Bonchev–Trinajstić information content (AvgIpc) is 0.918. The van der Waals surface area contributed by atoms with Crippen LogP contribution >= 0.6 is 0 Å². The Balaban J connectivity index is 0. The Kier molecular flexibility index (Phi) is 21.0. The molecule has 1 nitrogen and oxygen atoms in total. The average molecular weight is 119 g/mol. The molecule has 0 saturated carbocycles. The summed E-state index contributed by atoms with van der Waals surface area (Å²) in [5, 5.41) is 7.57. The molecule has 0 unspecified atom stereocenters. The fourth-order valence-corrected chi connectivity index (χ4v) is 0. The molecule has 26 valence electrons. The van der Waals surface area contributed by atoms with Gasteiger partial charge in [0.15, 0.2) is 0 Å². The summed E-state index contributed by atoms with van der Waals surface area (Å²) in [6.45, 7) is 1.93. The van der Waals surface area contributed by atoms with Crippen molar-refractivity contribution in [1.29, 1.82) is 0 Å². The summed E-state index contributed by atoms with van der Waals surface area (Å²) < 4.78 is 0. The quantitative estimate of drug-likeness (QED) is 0.397. The van der Waals surface area contributed by atoms with E-state index in [4.69, 9.17) is 5.11 Å². The van der Waals surface area contributed by atoms with E-state index in [-0.39, 0.29) is 26.4 Å². The van der Waals surface area contributed by atoms with Crippen molar-refractivity contribution < 1.29 is 5.11 Å². The van der Waals surface area contributed by atoms with E-state index in [1.165, 1.54) is 0 Å². The van der Waals surface area contributed by atoms with Crippen molar-refractivity contribution >= 4 is 19.8 Å². The van der Waals surface area contributed by atoms with E-state index in [1.54, 1.807) is 6.92 Å². The van der Waals surface area contributed by atoms with Gasteiger partial charge in [0.2, 0.25) is 0 Å². The Labute approximate surface area is 39.1 Å². The van der Waals surface area contributed by atoms with E-state index in [0.717, 1.165) is 0 Å². The zero-order chi connectivity index (χ0) is 2.71. The number of hydrogen-bond acceptors (Lipinski definition) is 1. The number of aliphatic hydroxyl groups excluding tert-OH is 1. The molecule has 4 heavy (non-hydrogen) atoms. The fourth-order valence-electron chi connectivity index (χ4n) is 0. The number of aliphatic hydroxyl groups is 1. The molecule has 0 aliphatic heterocycles. The van der Waals surface area contributed by atoms with E-state index in [9.17, 15) is 0 Å². The molecule has 0 rings (SSSR count). The van der Waals surface area contributed by atoms with Gasteiger partial charge >= 0.3 is 19.8 Å². The second kappa shape index (κ2) is 9.51. The first-order valence-corrected chi connectivity index (χ1v) is 1.02. The first-order chi connectivity index (χ1) is 1.41. The molecule has 0 aliphatic carbocycles. The molecule has 0 fully saturated rings. The van der Waals surface area contributed by atoms with Crippen LogP contribution in [0.5, 0.6) is 0 Å². The van der Waals surface area contributed by atoms with E-state index >= 15 is 0 Å². The Morgan fingerprint density at radius 1 is 1.75 bits per heavy atom. The standard InChI is InChI=1S/C2H6O.Ga.3H/c1-2-3;;;;/h3H,2H2,1H3;;;;. The van der Waals surface area contributed by atoms with Crippen LogP contribution in [-0.4, -0.2) is 31.5 Å². The van der Waals surface area contributed by atoms with Gasteiger partial charge in [-0.15, -0.1) is 0 Å². The maximum atomic E-state index is 7.57. The predicted octanol–water partition coefficient (Wildman–Crippen LogP) is -1.19. The Hall–Kier alpha value is 0.596. The first kappa shape index (κ1) is 8.82. The Morgan fingerprint density at radius 2 is 1.75 bits per heavy atom. The zero-order valence-corrected chi connectivity index (χ0v) is 2.15. The molecule has 0 aromatic heterocycles. The summed E-state index contributed by atoms with van der Waals surface area (Å²) in [6, 6.07) is 0. The summed E-state index contributed by atoms with van der Waals surface area (Å²) >= 11 is 0. The van der Waals surface area contributed by atoms with Crippen molar-refractivity contribution in [3.63, 3.8) is 0 Å². The van der Waals surface area contributed by atoms with Gasteiger partial charge in [0.1, 0.15) is 0 Å². The molecule has 0 heterocycles. The summed E-state index contributed by atoms with van der Waals surface area (Å²) in [5.74, 6) is 0. The van der Waals surface area contributed by atoms with Crippen molar-refractivity contribution in [3.8, 4) is 0 Å². The van der Waals surface area contributed by atoms with Crippen molar-refractivity contribution in [1.82, 2.24) is 0 Å². The van der Waals surface area contributed by atoms with Crippen molar-refractivity contribution in [2.24, 2.45) is 0 Å². The molecule has 0 bridgehead atoms. The van der Waals surface area contributed by atoms with Crippen LogP contribution in [0.4, 0.5) is 0 Å². The molecule has 1 N–H and O–H groups in total. The minimum atomic E-state index is 0. The van der Waals surface area contributed by atoms with Gasteiger partial charge in [0, 0.05) is 6.61 Å². The van der Waals surface area contributed by atoms with Gasteiger partial charge in [-0.2, -0.15) is 0 Å². The normalized spacial score (nSPS) is 4.50. The fraction of sp³-hybridized carbons (Fsp3) is 1.00. The number of hydrogen-bond donors (Lipinski definition) is 1. The number of rotatable bonds is 0. The van der Waals surface area contributed by atoms with Gasteiger partial charge in [-0.1, -0.05) is 0 Å². The van der Waals surface area contributed by atoms with Gasteiger partial charge in [-0.3, -0.25) is 0 Å². The minimum absolute atomic E-state index is 0. The molecular weight excluding hydrogens is 110 g/mol. The topological polar surface area (TPSA) is 20.2 Å². The molecule has 0 aliphatic rings. The Morgan fingerprint density at radius 3 is 1.75 bits per heavy atom. The SMILES string of the molecule is CCO.[GaH3]. The molecule has 2 heteroatoms. The van der Waals surface area contributed by atoms with Gasteiger partial charge < -0.3 is 5.11 Å². The molecular formula is C2H9GaO. The summed E-state index contributed by atoms with van der Waals surface area (Å²) in [5.41, 5.74) is 0. The van der Waals surface area contributed by atoms with Crippen LogP contribution in [0.1, 0.15) is 6.92 Å². The molecule has 0 saturated heterocycles. The van der Waals surface area contributed by atoms with Crippen LogP contribution in [0.2, 0.25) is 0 Å². The van der Waals surface area contributed by atoms with Crippen LogP contribution in [0.15, 0.2) is 0 Å². The molecule has 0 aromatic rings. The van der Waals surface area contributed by atoms with Crippen LogP contribution in [0.3, 0.4) is 0 Å². The van der Waals surface area contributed by atoms with Crippen LogP contribution < -0.4 is 0 Å². The van der Waals surface area contributed by atoms with Crippen LogP contribution in [0.25, 0.3) is 0 Å². The molecule has 0 radical (unpaired) electrons. The maximum absolute atomic E-state index is 7.57. The van der Waals surface area contributed by atoms with Crippen molar-refractivity contribution in [2.45, 2.75) is 6.92 Å². The van der Waals surface area contributed by atoms with E-state index in [2.05, 4.69) is 0 Å². The van der Waals surface area contributed by atoms with Gasteiger partial charge in [-0.05, 0) is 6.92 Å². The van der Waals surface area contributed by atoms with Crippen molar-refractivity contribution in [2.75, 3.05) is 6.61 Å². The predicted molar refractivity (Wildman–Crippen MR) is 22.7 cm³/mol. The molecule has 0 spiro atoms. The van der Waals surface area contributed by atoms with Gasteiger partial charge in [0.25, 0.3) is 0 Å². The first-order valence-electron chi connectivity index (χ1n) is 1.02. The molecule has 0 atom stereocenters. The Bertz CT molecular complexity index is 6.00. The van der Waals surface area contributed by atoms with Crippen LogP contribution in [-0.2, 0) is 0 Å². The third kappa shape index (κ3) is 18.6. The van der Waals surface area contributed by atoms with E-state index in [1.807, 2.05) is 0 Å². The zero-order valence-electron chi connectivity index (χ0n) is 2.15. The van der Waals surface area contributed by atoms with Crippen molar-refractivity contribution in [3.05, 3.63) is 0 Å². The summed E-state index contributed by atoms with van der Waals surface area (Å²) in [4.78, 5) is 0. The molecule has 0 amide bonds. The van der Waals surface area contributed by atoms with Gasteiger partial charge in [-0.25, -0.2) is 0 Å². The monoisotopic (exact) mass is 118 g/mol. The second-order valence-electron chi connectivity index (χ2n) is 0.316. The van der Waals surface area contributed by atoms with E-state index in [0.29, 0.717) is 0 Å². The van der Waals surface area contributed by atoms with Crippen LogP contribution in [0, 0.1) is 0 Å². The third-order valence-corrected chi connectivity index (χ3v) is 0. The molecule has 0 aromatic carbocycles. The summed E-state index contributed by atoms with van der Waals surface area (Å²) in [6.07, 6.45) is 0. The third-order valence-electron chi connectivity index (χ3n) is 0. The van der Waals surface area contributed by atoms with E-state index < -0.39 is 0 Å². The summed E-state index contributed by atoms with van der Waals surface area (Å²) in [7, 11) is 0. The second-order valence-corrected chi connectivity index (χ2v) is 0.316. The van der Waals surface area contributed by atoms with Gasteiger partial charge in [0.05, 0.1) is 0 Å².